The van der Waals surface area contributed by atoms with E-state index in [9.17, 15) is 9.18 Å². The fourth-order valence-corrected chi connectivity index (χ4v) is 2.24. The van der Waals surface area contributed by atoms with Crippen molar-refractivity contribution < 1.29 is 18.7 Å². The van der Waals surface area contributed by atoms with Crippen molar-refractivity contribution in [3.05, 3.63) is 59.4 Å². The van der Waals surface area contributed by atoms with Gasteiger partial charge in [-0.3, -0.25) is 0 Å². The van der Waals surface area contributed by atoms with E-state index in [2.05, 4.69) is 0 Å². The molecule has 3 nitrogen and oxygen atoms in total. The Morgan fingerprint density at radius 1 is 1.20 bits per heavy atom. The third-order valence-electron chi connectivity index (χ3n) is 3.16. The summed E-state index contributed by atoms with van der Waals surface area (Å²) >= 11 is 0. The molecule has 0 unspecified atom stereocenters. The lowest BCUT2D eigenvalue weighted by atomic mass is 10.0. The highest BCUT2D eigenvalue weighted by molar-refractivity contribution is 5.97. The van der Waals surface area contributed by atoms with E-state index in [1.807, 2.05) is 25.1 Å². The van der Waals surface area contributed by atoms with E-state index >= 15 is 0 Å². The van der Waals surface area contributed by atoms with Gasteiger partial charge >= 0.3 is 5.97 Å². The Kier molecular flexibility index (Phi) is 2.79. The molecule has 20 heavy (non-hydrogen) atoms. The van der Waals surface area contributed by atoms with Crippen LogP contribution in [0.15, 0.2) is 46.9 Å². The summed E-state index contributed by atoms with van der Waals surface area (Å²) in [6.45, 7) is 1.96. The molecule has 0 saturated heterocycles. The van der Waals surface area contributed by atoms with Crippen molar-refractivity contribution in [3.63, 3.8) is 0 Å². The second-order valence-corrected chi connectivity index (χ2v) is 4.62. The molecular weight excluding hydrogens is 259 g/mol. The Hall–Kier alpha value is -2.62. The van der Waals surface area contributed by atoms with Gasteiger partial charge in [0, 0.05) is 10.9 Å². The summed E-state index contributed by atoms with van der Waals surface area (Å²) in [5, 5.41) is 10.0. The van der Waals surface area contributed by atoms with Crippen LogP contribution >= 0.6 is 0 Å². The van der Waals surface area contributed by atoms with Crippen molar-refractivity contribution in [1.29, 1.82) is 0 Å². The molecule has 100 valence electrons. The molecule has 4 heteroatoms. The van der Waals surface area contributed by atoms with Gasteiger partial charge in [0.1, 0.15) is 22.7 Å². The van der Waals surface area contributed by atoms with Crippen LogP contribution in [0, 0.1) is 12.7 Å². The van der Waals surface area contributed by atoms with E-state index in [0.29, 0.717) is 11.3 Å². The van der Waals surface area contributed by atoms with E-state index in [1.54, 1.807) is 6.07 Å². The van der Waals surface area contributed by atoms with Crippen LogP contribution in [0.1, 0.15) is 15.9 Å². The molecule has 0 fully saturated rings. The minimum Gasteiger partial charge on any atom is -0.478 e. The number of carbonyl (C=O) groups is 1. The first-order valence-electron chi connectivity index (χ1n) is 6.08. The predicted octanol–water partition coefficient (Wildman–Crippen LogP) is 4.25. The zero-order chi connectivity index (χ0) is 14.3. The molecule has 1 N–H and O–H groups in total. The standard InChI is InChI=1S/C16H11FO3/c1-9-5-6-13-10(7-9)8-14(20-13)11-3-2-4-12(17)15(11)16(18)19/h2-8H,1H3,(H,18,19). The summed E-state index contributed by atoms with van der Waals surface area (Å²) in [6.07, 6.45) is 0. The Morgan fingerprint density at radius 2 is 2.00 bits per heavy atom. The van der Waals surface area contributed by atoms with Gasteiger partial charge in [-0.15, -0.1) is 0 Å². The number of carboxylic acids is 1. The number of fused-ring (bicyclic) bond motifs is 1. The Bertz CT molecular complexity index is 818. The maximum atomic E-state index is 13.7. The number of carboxylic acid groups (broad SMARTS) is 1. The number of rotatable bonds is 2. The molecular formula is C16H11FO3. The smallest absolute Gasteiger partial charge is 0.339 e. The second-order valence-electron chi connectivity index (χ2n) is 4.62. The Morgan fingerprint density at radius 3 is 2.75 bits per heavy atom. The number of hydrogen-bond donors (Lipinski definition) is 1. The van der Waals surface area contributed by atoms with E-state index in [4.69, 9.17) is 9.52 Å². The maximum Gasteiger partial charge on any atom is 0.339 e. The average Bonchev–Trinajstić information content (AvgIpc) is 2.80. The van der Waals surface area contributed by atoms with E-state index in [-0.39, 0.29) is 11.1 Å². The number of benzene rings is 2. The summed E-state index contributed by atoms with van der Waals surface area (Å²) in [5.41, 5.74) is 1.59. The maximum absolute atomic E-state index is 13.7. The lowest BCUT2D eigenvalue weighted by Gasteiger charge is -2.03. The molecule has 0 atom stereocenters. The number of aromatic carboxylic acids is 1. The first-order chi connectivity index (χ1) is 9.56. The van der Waals surface area contributed by atoms with Crippen molar-refractivity contribution in [2.45, 2.75) is 6.92 Å². The van der Waals surface area contributed by atoms with E-state index in [1.165, 1.54) is 12.1 Å². The van der Waals surface area contributed by atoms with Gasteiger partial charge in [-0.1, -0.05) is 23.8 Å². The minimum atomic E-state index is -1.31. The lowest BCUT2D eigenvalue weighted by molar-refractivity contribution is 0.0692. The highest BCUT2D eigenvalue weighted by Crippen LogP contribution is 2.31. The van der Waals surface area contributed by atoms with E-state index < -0.39 is 11.8 Å². The van der Waals surface area contributed by atoms with Crippen molar-refractivity contribution in [1.82, 2.24) is 0 Å². The van der Waals surface area contributed by atoms with Crippen molar-refractivity contribution in [2.75, 3.05) is 0 Å². The largest absolute Gasteiger partial charge is 0.478 e. The highest BCUT2D eigenvalue weighted by Gasteiger charge is 2.19. The molecule has 1 heterocycles. The first-order valence-corrected chi connectivity index (χ1v) is 6.08. The summed E-state index contributed by atoms with van der Waals surface area (Å²) in [7, 11) is 0. The molecule has 0 aliphatic heterocycles. The second kappa shape index (κ2) is 4.49. The van der Waals surface area contributed by atoms with Crippen LogP contribution in [0.4, 0.5) is 4.39 Å². The van der Waals surface area contributed by atoms with Crippen LogP contribution in [0.2, 0.25) is 0 Å². The summed E-state index contributed by atoms with van der Waals surface area (Å²) in [4.78, 5) is 11.2. The van der Waals surface area contributed by atoms with Crippen molar-refractivity contribution >= 4 is 16.9 Å². The third-order valence-corrected chi connectivity index (χ3v) is 3.16. The number of furan rings is 1. The zero-order valence-electron chi connectivity index (χ0n) is 10.7. The van der Waals surface area contributed by atoms with Crippen LogP contribution < -0.4 is 0 Å². The van der Waals surface area contributed by atoms with Gasteiger partial charge in [0.25, 0.3) is 0 Å². The third kappa shape index (κ3) is 1.95. The molecule has 0 radical (unpaired) electrons. The van der Waals surface area contributed by atoms with Crippen molar-refractivity contribution in [3.8, 4) is 11.3 Å². The monoisotopic (exact) mass is 270 g/mol. The van der Waals surface area contributed by atoms with Crippen LogP contribution in [-0.4, -0.2) is 11.1 Å². The van der Waals surface area contributed by atoms with Crippen LogP contribution in [0.5, 0.6) is 0 Å². The molecule has 0 bridgehead atoms. The topological polar surface area (TPSA) is 50.4 Å². The molecule has 0 saturated carbocycles. The summed E-state index contributed by atoms with van der Waals surface area (Å²) in [6, 6.07) is 11.5. The van der Waals surface area contributed by atoms with Gasteiger partial charge in [-0.2, -0.15) is 0 Å². The molecule has 0 amide bonds. The molecule has 0 aliphatic rings. The first kappa shape index (κ1) is 12.4. The number of hydrogen-bond acceptors (Lipinski definition) is 2. The molecule has 0 spiro atoms. The minimum absolute atomic E-state index is 0.242. The zero-order valence-corrected chi connectivity index (χ0v) is 10.7. The SMILES string of the molecule is Cc1ccc2oc(-c3cccc(F)c3C(=O)O)cc2c1. The molecule has 1 aromatic heterocycles. The fraction of sp³-hybridized carbons (Fsp3) is 0.0625. The lowest BCUT2D eigenvalue weighted by Crippen LogP contribution is -2.02. The quantitative estimate of drug-likeness (QED) is 0.757. The van der Waals surface area contributed by atoms with Gasteiger partial charge in [-0.05, 0) is 31.2 Å². The van der Waals surface area contributed by atoms with E-state index in [0.717, 1.165) is 17.0 Å². The summed E-state index contributed by atoms with van der Waals surface area (Å²) < 4.78 is 19.3. The molecule has 3 rings (SSSR count). The van der Waals surface area contributed by atoms with Gasteiger partial charge in [0.2, 0.25) is 0 Å². The van der Waals surface area contributed by atoms with Crippen molar-refractivity contribution in [2.24, 2.45) is 0 Å². The summed E-state index contributed by atoms with van der Waals surface area (Å²) in [5.74, 6) is -1.73. The average molecular weight is 270 g/mol. The normalized spacial score (nSPS) is 10.9. The predicted molar refractivity (Wildman–Crippen MR) is 73.3 cm³/mol. The Labute approximate surface area is 114 Å². The highest BCUT2D eigenvalue weighted by atomic mass is 19.1. The molecule has 3 aromatic rings. The van der Waals surface area contributed by atoms with Crippen LogP contribution in [0.3, 0.4) is 0 Å². The molecule has 0 aliphatic carbocycles. The van der Waals surface area contributed by atoms with Crippen LogP contribution in [-0.2, 0) is 0 Å². The van der Waals surface area contributed by atoms with Gasteiger partial charge in [-0.25, -0.2) is 9.18 Å². The fourth-order valence-electron chi connectivity index (χ4n) is 2.24. The van der Waals surface area contributed by atoms with Gasteiger partial charge in [0.05, 0.1) is 0 Å². The van der Waals surface area contributed by atoms with Crippen LogP contribution in [0.25, 0.3) is 22.3 Å². The Balaban J connectivity index is 2.25. The van der Waals surface area contributed by atoms with Gasteiger partial charge < -0.3 is 9.52 Å². The molecule has 2 aromatic carbocycles. The number of aryl methyl sites for hydroxylation is 1. The van der Waals surface area contributed by atoms with Gasteiger partial charge in [0.15, 0.2) is 0 Å². The number of halogens is 1.